The minimum absolute atomic E-state index is 0. The SMILES string of the molecule is CCN(CC)C(CNC(=O)[C@@H](N)CCSC)c1ccccc1.Cl. The molecule has 0 aliphatic rings. The maximum Gasteiger partial charge on any atom is 0.237 e. The molecule has 0 saturated heterocycles. The number of hydrogen-bond donors (Lipinski definition) is 2. The molecule has 0 radical (unpaired) electrons. The van der Waals surface area contributed by atoms with Gasteiger partial charge in [0.15, 0.2) is 0 Å². The zero-order valence-corrected chi connectivity index (χ0v) is 16.0. The first-order valence-corrected chi connectivity index (χ1v) is 9.34. The second-order valence-corrected chi connectivity index (χ2v) is 6.27. The van der Waals surface area contributed by atoms with Crippen molar-refractivity contribution in [2.45, 2.75) is 32.4 Å². The molecule has 0 aromatic heterocycles. The molecule has 1 aromatic carbocycles. The lowest BCUT2D eigenvalue weighted by molar-refractivity contribution is -0.122. The van der Waals surface area contributed by atoms with E-state index in [9.17, 15) is 4.79 Å². The third-order valence-electron chi connectivity index (χ3n) is 3.88. The molecular weight excluding hydrogens is 330 g/mol. The second kappa shape index (κ2) is 12.6. The van der Waals surface area contributed by atoms with E-state index in [0.717, 1.165) is 18.8 Å². The number of hydrogen-bond acceptors (Lipinski definition) is 4. The summed E-state index contributed by atoms with van der Waals surface area (Å²) in [5.74, 6) is 0.856. The molecule has 4 nitrogen and oxygen atoms in total. The van der Waals surface area contributed by atoms with Gasteiger partial charge in [0.05, 0.1) is 12.1 Å². The van der Waals surface area contributed by atoms with Crippen LogP contribution in [0.2, 0.25) is 0 Å². The first kappa shape index (κ1) is 22.2. The molecular formula is C17H30ClN3OS. The maximum absolute atomic E-state index is 12.1. The first-order valence-electron chi connectivity index (χ1n) is 7.95. The van der Waals surface area contributed by atoms with E-state index in [2.05, 4.69) is 36.2 Å². The van der Waals surface area contributed by atoms with Crippen molar-refractivity contribution in [3.63, 3.8) is 0 Å². The largest absolute Gasteiger partial charge is 0.353 e. The topological polar surface area (TPSA) is 58.4 Å². The summed E-state index contributed by atoms with van der Waals surface area (Å²) in [5.41, 5.74) is 7.16. The van der Waals surface area contributed by atoms with Crippen LogP contribution in [0.3, 0.4) is 0 Å². The summed E-state index contributed by atoms with van der Waals surface area (Å²) in [5, 5.41) is 3.02. The van der Waals surface area contributed by atoms with E-state index >= 15 is 0 Å². The number of carbonyl (C=O) groups excluding carboxylic acids is 1. The number of carbonyl (C=O) groups is 1. The van der Waals surface area contributed by atoms with Gasteiger partial charge in [0, 0.05) is 6.54 Å². The lowest BCUT2D eigenvalue weighted by Gasteiger charge is -2.30. The van der Waals surface area contributed by atoms with Gasteiger partial charge in [0.2, 0.25) is 5.91 Å². The van der Waals surface area contributed by atoms with Crippen LogP contribution in [0.4, 0.5) is 0 Å². The number of nitrogens with zero attached hydrogens (tertiary/aromatic N) is 1. The highest BCUT2D eigenvalue weighted by Crippen LogP contribution is 2.19. The molecule has 1 unspecified atom stereocenters. The number of thioether (sulfide) groups is 1. The van der Waals surface area contributed by atoms with Gasteiger partial charge >= 0.3 is 0 Å². The van der Waals surface area contributed by atoms with Crippen molar-refractivity contribution in [2.75, 3.05) is 31.6 Å². The van der Waals surface area contributed by atoms with Crippen LogP contribution in [0.15, 0.2) is 30.3 Å². The summed E-state index contributed by atoms with van der Waals surface area (Å²) in [7, 11) is 0. The Morgan fingerprint density at radius 2 is 1.87 bits per heavy atom. The standard InChI is InChI=1S/C17H29N3OS.ClH/c1-4-20(5-2)16(14-9-7-6-8-10-14)13-19-17(21)15(18)11-12-22-3;/h6-10,15-16H,4-5,11-13,18H2,1-3H3,(H,19,21);1H/t15-,16?;/m0./s1. The lowest BCUT2D eigenvalue weighted by atomic mass is 10.0. The van der Waals surface area contributed by atoms with Gasteiger partial charge in [-0.3, -0.25) is 9.69 Å². The van der Waals surface area contributed by atoms with Gasteiger partial charge in [-0.1, -0.05) is 44.2 Å². The Morgan fingerprint density at radius 1 is 1.26 bits per heavy atom. The molecule has 0 aliphatic carbocycles. The molecule has 0 bridgehead atoms. The van der Waals surface area contributed by atoms with Crippen LogP contribution in [0, 0.1) is 0 Å². The third kappa shape index (κ3) is 7.57. The van der Waals surface area contributed by atoms with Crippen molar-refractivity contribution >= 4 is 30.1 Å². The molecule has 0 aliphatic heterocycles. The van der Waals surface area contributed by atoms with Crippen LogP contribution in [0.25, 0.3) is 0 Å². The smallest absolute Gasteiger partial charge is 0.237 e. The van der Waals surface area contributed by atoms with Crippen LogP contribution in [0.5, 0.6) is 0 Å². The van der Waals surface area contributed by atoms with Crippen molar-refractivity contribution in [3.05, 3.63) is 35.9 Å². The normalized spacial score (nSPS) is 13.3. The molecule has 132 valence electrons. The summed E-state index contributed by atoms with van der Waals surface area (Å²) in [6.45, 7) is 6.78. The Morgan fingerprint density at radius 3 is 2.39 bits per heavy atom. The second-order valence-electron chi connectivity index (χ2n) is 5.28. The molecule has 6 heteroatoms. The van der Waals surface area contributed by atoms with Gasteiger partial charge < -0.3 is 11.1 Å². The van der Waals surface area contributed by atoms with Gasteiger partial charge in [-0.2, -0.15) is 11.8 Å². The Hall–Kier alpha value is -0.750. The van der Waals surface area contributed by atoms with Gasteiger partial charge in [0.25, 0.3) is 0 Å². The van der Waals surface area contributed by atoms with Gasteiger partial charge in [-0.05, 0) is 37.1 Å². The van der Waals surface area contributed by atoms with E-state index < -0.39 is 6.04 Å². The maximum atomic E-state index is 12.1. The molecule has 1 amide bonds. The number of benzene rings is 1. The molecule has 23 heavy (non-hydrogen) atoms. The highest BCUT2D eigenvalue weighted by molar-refractivity contribution is 7.98. The van der Waals surface area contributed by atoms with E-state index in [1.807, 2.05) is 24.5 Å². The minimum atomic E-state index is -0.416. The zero-order chi connectivity index (χ0) is 16.4. The molecule has 0 heterocycles. The van der Waals surface area contributed by atoms with Crippen molar-refractivity contribution < 1.29 is 4.79 Å². The van der Waals surface area contributed by atoms with Gasteiger partial charge in [-0.15, -0.1) is 12.4 Å². The first-order chi connectivity index (χ1) is 10.6. The molecule has 0 spiro atoms. The predicted octanol–water partition coefficient (Wildman–Crippen LogP) is 2.69. The van der Waals surface area contributed by atoms with Gasteiger partial charge in [0.1, 0.15) is 0 Å². The van der Waals surface area contributed by atoms with Crippen LogP contribution in [-0.2, 0) is 4.79 Å². The van der Waals surface area contributed by atoms with Crippen molar-refractivity contribution in [3.8, 4) is 0 Å². The summed E-state index contributed by atoms with van der Waals surface area (Å²) in [4.78, 5) is 14.5. The number of likely N-dealkylation sites (N-methyl/N-ethyl adjacent to an activating group) is 1. The summed E-state index contributed by atoms with van der Waals surface area (Å²) < 4.78 is 0. The number of nitrogens with two attached hydrogens (primary N) is 1. The van der Waals surface area contributed by atoms with E-state index in [4.69, 9.17) is 5.73 Å². The monoisotopic (exact) mass is 359 g/mol. The number of halogens is 1. The van der Waals surface area contributed by atoms with E-state index in [-0.39, 0.29) is 24.4 Å². The predicted molar refractivity (Wildman–Crippen MR) is 103 cm³/mol. The van der Waals surface area contributed by atoms with Crippen LogP contribution >= 0.6 is 24.2 Å². The molecule has 0 fully saturated rings. The summed E-state index contributed by atoms with van der Waals surface area (Å²) in [6.07, 6.45) is 2.74. The highest BCUT2D eigenvalue weighted by Gasteiger charge is 2.20. The van der Waals surface area contributed by atoms with Crippen molar-refractivity contribution in [1.82, 2.24) is 10.2 Å². The summed E-state index contributed by atoms with van der Waals surface area (Å²) in [6, 6.07) is 10.1. The molecule has 1 rings (SSSR count). The third-order valence-corrected chi connectivity index (χ3v) is 4.52. The molecule has 2 atom stereocenters. The Labute approximate surface area is 151 Å². The van der Waals surface area contributed by atoms with E-state index in [0.29, 0.717) is 13.0 Å². The fraction of sp³-hybridized carbons (Fsp3) is 0.588. The number of rotatable bonds is 10. The average molecular weight is 360 g/mol. The quantitative estimate of drug-likeness (QED) is 0.674. The fourth-order valence-electron chi connectivity index (χ4n) is 2.50. The molecule has 0 saturated carbocycles. The van der Waals surface area contributed by atoms with E-state index in [1.54, 1.807) is 11.8 Å². The molecule has 1 aromatic rings. The number of nitrogens with one attached hydrogen (secondary N) is 1. The Kier molecular flexibility index (Phi) is 12.2. The van der Waals surface area contributed by atoms with Crippen LogP contribution in [0.1, 0.15) is 31.9 Å². The lowest BCUT2D eigenvalue weighted by Crippen LogP contribution is -2.45. The Balaban J connectivity index is 0.00000484. The average Bonchev–Trinajstić information content (AvgIpc) is 2.56. The fourth-order valence-corrected chi connectivity index (χ4v) is 2.99. The summed E-state index contributed by atoms with van der Waals surface area (Å²) >= 11 is 1.71. The molecule has 3 N–H and O–H groups in total. The van der Waals surface area contributed by atoms with Crippen molar-refractivity contribution in [2.24, 2.45) is 5.73 Å². The number of amides is 1. The zero-order valence-electron chi connectivity index (χ0n) is 14.3. The Bertz CT molecular complexity index is 429. The minimum Gasteiger partial charge on any atom is -0.353 e. The van der Waals surface area contributed by atoms with Crippen LogP contribution < -0.4 is 11.1 Å². The highest BCUT2D eigenvalue weighted by atomic mass is 35.5. The van der Waals surface area contributed by atoms with Gasteiger partial charge in [-0.25, -0.2) is 0 Å². The van der Waals surface area contributed by atoms with Crippen molar-refractivity contribution in [1.29, 1.82) is 0 Å². The van der Waals surface area contributed by atoms with Crippen LogP contribution in [-0.4, -0.2) is 48.5 Å². The van der Waals surface area contributed by atoms with E-state index in [1.165, 1.54) is 5.56 Å².